The molecule has 0 heterocycles. The van der Waals surface area contributed by atoms with E-state index >= 15 is 0 Å². The first-order chi connectivity index (χ1) is 6.56. The van der Waals surface area contributed by atoms with Crippen molar-refractivity contribution >= 4 is 12.4 Å². The zero-order valence-corrected chi connectivity index (χ0v) is 8.51. The predicted molar refractivity (Wildman–Crippen MR) is 45.3 cm³/mol. The van der Waals surface area contributed by atoms with Gasteiger partial charge in [0.25, 0.3) is 0 Å². The van der Waals surface area contributed by atoms with Crippen LogP contribution in [0.1, 0.15) is 20.8 Å². The first kappa shape index (κ1) is 13.7. The molecule has 0 bridgehead atoms. The first-order valence-corrected chi connectivity index (χ1v) is 4.08. The van der Waals surface area contributed by atoms with Gasteiger partial charge in [0.15, 0.2) is 12.3 Å². The third kappa shape index (κ3) is 5.92. The van der Waals surface area contributed by atoms with Crippen molar-refractivity contribution in [3.63, 3.8) is 0 Å². The van der Waals surface area contributed by atoms with Crippen LogP contribution in [-0.4, -0.2) is 30.2 Å². The van der Waals surface area contributed by atoms with Gasteiger partial charge in [0.1, 0.15) is 5.60 Å². The molecule has 0 aromatic heterocycles. The lowest BCUT2D eigenvalue weighted by molar-refractivity contribution is -0.159. The molecular weight excluding hydrogens is 215 g/mol. The number of aldehydes is 1. The number of hydrogen-bond donors (Lipinski definition) is 1. The Kier molecular flexibility index (Phi) is 4.12. The molecule has 0 aromatic carbocycles. The topological polar surface area (TPSA) is 55.4 Å². The number of alkyl halides is 3. The van der Waals surface area contributed by atoms with E-state index < -0.39 is 30.2 Å². The predicted octanol–water partition coefficient (Wildman–Crippen LogP) is 1.64. The molecule has 0 saturated carbocycles. The molecule has 0 aliphatic rings. The minimum absolute atomic E-state index is 0.399. The minimum atomic E-state index is -4.81. The van der Waals surface area contributed by atoms with E-state index in [9.17, 15) is 22.8 Å². The van der Waals surface area contributed by atoms with Gasteiger partial charge in [-0.1, -0.05) is 0 Å². The maximum absolute atomic E-state index is 12.0. The molecule has 1 N–H and O–H groups in total. The molecule has 0 spiro atoms. The molecule has 88 valence electrons. The summed E-state index contributed by atoms with van der Waals surface area (Å²) in [6.45, 7) is 4.49. The molecule has 1 atom stereocenters. The summed E-state index contributed by atoms with van der Waals surface area (Å²) in [5.41, 5.74) is -0.914. The highest BCUT2D eigenvalue weighted by Gasteiger charge is 2.41. The van der Waals surface area contributed by atoms with Crippen molar-refractivity contribution in [2.24, 2.45) is 0 Å². The molecule has 0 rings (SSSR count). The highest BCUT2D eigenvalue weighted by molar-refractivity contribution is 5.73. The van der Waals surface area contributed by atoms with Gasteiger partial charge in [-0.25, -0.2) is 4.79 Å². The Morgan fingerprint density at radius 3 is 2.07 bits per heavy atom. The quantitative estimate of drug-likeness (QED) is 0.729. The second-order valence-electron chi connectivity index (χ2n) is 3.80. The van der Waals surface area contributed by atoms with E-state index in [1.807, 2.05) is 0 Å². The Labute approximate surface area is 84.8 Å². The van der Waals surface area contributed by atoms with Crippen LogP contribution < -0.4 is 5.32 Å². The van der Waals surface area contributed by atoms with Crippen LogP contribution in [0.4, 0.5) is 18.0 Å². The maximum Gasteiger partial charge on any atom is 0.415 e. The van der Waals surface area contributed by atoms with Crippen LogP contribution >= 0.6 is 0 Å². The summed E-state index contributed by atoms with van der Waals surface area (Å²) >= 11 is 0. The second-order valence-corrected chi connectivity index (χ2v) is 3.80. The van der Waals surface area contributed by atoms with Gasteiger partial charge in [-0.15, -0.1) is 0 Å². The van der Waals surface area contributed by atoms with Crippen LogP contribution in [-0.2, 0) is 9.53 Å². The molecule has 0 saturated heterocycles. The molecule has 0 radical (unpaired) electrons. The number of halogens is 3. The molecule has 0 aliphatic carbocycles. The van der Waals surface area contributed by atoms with Crippen molar-refractivity contribution < 1.29 is 27.5 Å². The fraction of sp³-hybridized carbons (Fsp3) is 0.750. The molecule has 0 aromatic rings. The monoisotopic (exact) mass is 227 g/mol. The molecule has 0 aliphatic heterocycles. The Morgan fingerprint density at radius 1 is 1.33 bits per heavy atom. The van der Waals surface area contributed by atoms with Crippen LogP contribution in [0.25, 0.3) is 0 Å². The van der Waals surface area contributed by atoms with E-state index in [0.29, 0.717) is 0 Å². The van der Waals surface area contributed by atoms with Gasteiger partial charge in [0.05, 0.1) is 0 Å². The van der Waals surface area contributed by atoms with Crippen molar-refractivity contribution in [1.29, 1.82) is 0 Å². The van der Waals surface area contributed by atoms with E-state index in [4.69, 9.17) is 0 Å². The number of ether oxygens (including phenoxy) is 1. The lowest BCUT2D eigenvalue weighted by Gasteiger charge is -2.22. The zero-order valence-electron chi connectivity index (χ0n) is 8.51. The van der Waals surface area contributed by atoms with E-state index in [0.717, 1.165) is 0 Å². The highest BCUT2D eigenvalue weighted by Crippen LogP contribution is 2.19. The number of rotatable bonds is 2. The third-order valence-electron chi connectivity index (χ3n) is 1.16. The van der Waals surface area contributed by atoms with Crippen LogP contribution in [0.5, 0.6) is 0 Å². The smallest absolute Gasteiger partial charge is 0.415 e. The molecule has 1 amide bonds. The summed E-state index contributed by atoms with van der Waals surface area (Å²) < 4.78 is 40.6. The largest absolute Gasteiger partial charge is 0.444 e. The summed E-state index contributed by atoms with van der Waals surface area (Å²) in [5.74, 6) is 0. The van der Waals surface area contributed by atoms with Gasteiger partial charge in [0, 0.05) is 0 Å². The Bertz CT molecular complexity index is 244. The van der Waals surface area contributed by atoms with Gasteiger partial charge in [0.2, 0.25) is 0 Å². The first-order valence-electron chi connectivity index (χ1n) is 4.08. The molecule has 4 nitrogen and oxygen atoms in total. The Morgan fingerprint density at radius 2 is 1.80 bits per heavy atom. The summed E-state index contributed by atoms with van der Waals surface area (Å²) in [5, 5.41) is 1.41. The SMILES string of the molecule is CC(C)(C)OC(=O)NC(C=O)C(F)(F)F. The maximum atomic E-state index is 12.0. The molecule has 7 heteroatoms. The van der Waals surface area contributed by atoms with Crippen molar-refractivity contribution in [2.45, 2.75) is 38.6 Å². The van der Waals surface area contributed by atoms with Crippen LogP contribution in [0.2, 0.25) is 0 Å². The summed E-state index contributed by atoms with van der Waals surface area (Å²) in [6.07, 6.45) is -6.49. The second kappa shape index (κ2) is 4.50. The average Bonchev–Trinajstić information content (AvgIpc) is 1.94. The number of hydrogen-bond acceptors (Lipinski definition) is 3. The number of amides is 1. The van der Waals surface area contributed by atoms with Gasteiger partial charge in [-0.05, 0) is 20.8 Å². The van der Waals surface area contributed by atoms with Gasteiger partial charge in [-0.3, -0.25) is 0 Å². The molecule has 15 heavy (non-hydrogen) atoms. The van der Waals surface area contributed by atoms with E-state index in [1.54, 1.807) is 0 Å². The standard InChI is InChI=1S/C8H12F3NO3/c1-7(2,3)15-6(14)12-5(4-13)8(9,10)11/h4-5H,1-3H3,(H,12,14). The van der Waals surface area contributed by atoms with Crippen molar-refractivity contribution in [3.8, 4) is 0 Å². The molecule has 1 unspecified atom stereocenters. The van der Waals surface area contributed by atoms with E-state index in [2.05, 4.69) is 4.74 Å². The van der Waals surface area contributed by atoms with Crippen molar-refractivity contribution in [2.75, 3.05) is 0 Å². The molecule has 0 fully saturated rings. The van der Waals surface area contributed by atoms with E-state index in [1.165, 1.54) is 26.1 Å². The van der Waals surface area contributed by atoms with Crippen molar-refractivity contribution in [3.05, 3.63) is 0 Å². The van der Waals surface area contributed by atoms with Crippen LogP contribution in [0.3, 0.4) is 0 Å². The van der Waals surface area contributed by atoms with Crippen LogP contribution in [0.15, 0.2) is 0 Å². The summed E-state index contributed by atoms with van der Waals surface area (Å²) in [4.78, 5) is 20.9. The van der Waals surface area contributed by atoms with E-state index in [-0.39, 0.29) is 0 Å². The van der Waals surface area contributed by atoms with Gasteiger partial charge >= 0.3 is 12.3 Å². The highest BCUT2D eigenvalue weighted by atomic mass is 19.4. The summed E-state index contributed by atoms with van der Waals surface area (Å²) in [6, 6.07) is -2.53. The van der Waals surface area contributed by atoms with Crippen LogP contribution in [0, 0.1) is 0 Å². The lowest BCUT2D eigenvalue weighted by atomic mass is 10.2. The number of alkyl carbamates (subject to hydrolysis) is 1. The zero-order chi connectivity index (χ0) is 12.3. The lowest BCUT2D eigenvalue weighted by Crippen LogP contribution is -2.48. The Balaban J connectivity index is 4.33. The Hall–Kier alpha value is -1.27. The number of nitrogens with one attached hydrogen (secondary N) is 1. The fourth-order valence-corrected chi connectivity index (χ4v) is 0.628. The minimum Gasteiger partial charge on any atom is -0.444 e. The summed E-state index contributed by atoms with van der Waals surface area (Å²) in [7, 11) is 0. The van der Waals surface area contributed by atoms with Crippen molar-refractivity contribution in [1.82, 2.24) is 5.32 Å². The fourth-order valence-electron chi connectivity index (χ4n) is 0.628. The third-order valence-corrected chi connectivity index (χ3v) is 1.16. The average molecular weight is 227 g/mol. The number of carbonyl (C=O) groups excluding carboxylic acids is 2. The number of carbonyl (C=O) groups is 2. The van der Waals surface area contributed by atoms with Gasteiger partial charge in [-0.2, -0.15) is 13.2 Å². The normalized spacial score (nSPS) is 14.3. The molecular formula is C8H12F3NO3. The van der Waals surface area contributed by atoms with Gasteiger partial charge < -0.3 is 14.8 Å².